The number of aliphatic hydroxyl groups excluding tert-OH is 1. The number of allylic oxidation sites excluding steroid dienone is 1. The van der Waals surface area contributed by atoms with Gasteiger partial charge in [0.2, 0.25) is 5.78 Å². The van der Waals surface area contributed by atoms with Crippen molar-refractivity contribution in [1.29, 1.82) is 0 Å². The van der Waals surface area contributed by atoms with Gasteiger partial charge in [-0.3, -0.25) is 4.79 Å². The van der Waals surface area contributed by atoms with Crippen molar-refractivity contribution < 1.29 is 14.6 Å². The summed E-state index contributed by atoms with van der Waals surface area (Å²) < 4.78 is 5.03. The minimum absolute atomic E-state index is 0.108. The number of hydrogen-bond donors (Lipinski definition) is 1. The molecule has 1 heterocycles. The van der Waals surface area contributed by atoms with Crippen LogP contribution in [0.15, 0.2) is 64.0 Å². The molecule has 2 rings (SSSR count). The highest BCUT2D eigenvalue weighted by molar-refractivity contribution is 7.12. The van der Waals surface area contributed by atoms with Gasteiger partial charge in [-0.15, -0.1) is 16.5 Å². The maximum Gasteiger partial charge on any atom is 0.226 e. The van der Waals surface area contributed by atoms with Gasteiger partial charge in [-0.1, -0.05) is 6.07 Å². The van der Waals surface area contributed by atoms with Crippen LogP contribution in [-0.4, -0.2) is 18.0 Å². The summed E-state index contributed by atoms with van der Waals surface area (Å²) in [5.74, 6) is 0.344. The van der Waals surface area contributed by atoms with E-state index in [1.165, 1.54) is 11.3 Å². The minimum Gasteiger partial charge on any atom is -0.513 e. The number of aliphatic hydroxyl groups is 1. The molecule has 0 fully saturated rings. The highest BCUT2D eigenvalue weighted by Gasteiger charge is 2.13. The molecular weight excluding hydrogens is 276 g/mol. The quantitative estimate of drug-likeness (QED) is 0.389. The van der Waals surface area contributed by atoms with E-state index in [2.05, 4.69) is 10.2 Å². The molecule has 6 heteroatoms. The first-order chi connectivity index (χ1) is 9.74. The Labute approximate surface area is 119 Å². The van der Waals surface area contributed by atoms with Crippen molar-refractivity contribution in [2.75, 3.05) is 7.11 Å². The zero-order chi connectivity index (χ0) is 14.4. The average molecular weight is 288 g/mol. The second-order valence-corrected chi connectivity index (χ2v) is 4.67. The third-order valence-electron chi connectivity index (χ3n) is 2.45. The fourth-order valence-corrected chi connectivity index (χ4v) is 2.10. The van der Waals surface area contributed by atoms with Crippen molar-refractivity contribution in [2.45, 2.75) is 0 Å². The number of ketones is 1. The summed E-state index contributed by atoms with van der Waals surface area (Å²) in [6, 6.07) is 10.3. The van der Waals surface area contributed by atoms with Gasteiger partial charge in [0.1, 0.15) is 12.0 Å². The molecule has 20 heavy (non-hydrogen) atoms. The number of hydrogen-bond acceptors (Lipinski definition) is 6. The predicted octanol–water partition coefficient (Wildman–Crippen LogP) is 4.12. The Balaban J connectivity index is 2.13. The Morgan fingerprint density at radius 1 is 1.30 bits per heavy atom. The first kappa shape index (κ1) is 14.0. The summed E-state index contributed by atoms with van der Waals surface area (Å²) in [4.78, 5) is 12.5. The van der Waals surface area contributed by atoms with Crippen LogP contribution in [-0.2, 0) is 0 Å². The molecule has 5 nitrogen and oxygen atoms in total. The maximum atomic E-state index is 12.0. The van der Waals surface area contributed by atoms with Gasteiger partial charge in [0.15, 0.2) is 5.70 Å². The summed E-state index contributed by atoms with van der Waals surface area (Å²) in [6.45, 7) is 0. The maximum absolute atomic E-state index is 12.0. The van der Waals surface area contributed by atoms with E-state index in [1.54, 1.807) is 48.9 Å². The third kappa shape index (κ3) is 3.30. The number of rotatable bonds is 5. The summed E-state index contributed by atoms with van der Waals surface area (Å²) in [5, 5.41) is 18.6. The highest BCUT2D eigenvalue weighted by atomic mass is 32.1. The van der Waals surface area contributed by atoms with Crippen LogP contribution in [0.2, 0.25) is 0 Å². The number of carbonyl (C=O) groups is 1. The lowest BCUT2D eigenvalue weighted by Gasteiger charge is -1.99. The molecule has 1 aromatic heterocycles. The molecule has 1 N–H and O–H groups in total. The number of ether oxygens (including phenoxy) is 1. The van der Waals surface area contributed by atoms with Crippen molar-refractivity contribution in [3.63, 3.8) is 0 Å². The van der Waals surface area contributed by atoms with Gasteiger partial charge in [-0.2, -0.15) is 5.11 Å². The van der Waals surface area contributed by atoms with Crippen molar-refractivity contribution in [1.82, 2.24) is 0 Å². The largest absolute Gasteiger partial charge is 0.513 e. The second kappa shape index (κ2) is 6.63. The summed E-state index contributed by atoms with van der Waals surface area (Å²) >= 11 is 1.28. The number of azo groups is 1. The molecule has 0 spiro atoms. The van der Waals surface area contributed by atoms with Gasteiger partial charge < -0.3 is 9.84 Å². The van der Waals surface area contributed by atoms with E-state index in [9.17, 15) is 4.79 Å². The van der Waals surface area contributed by atoms with E-state index in [0.29, 0.717) is 22.6 Å². The van der Waals surface area contributed by atoms with Crippen molar-refractivity contribution in [3.8, 4) is 5.75 Å². The molecule has 0 aliphatic rings. The van der Waals surface area contributed by atoms with E-state index in [-0.39, 0.29) is 11.5 Å². The second-order valence-electron chi connectivity index (χ2n) is 3.72. The van der Waals surface area contributed by atoms with Gasteiger partial charge in [0.05, 0.1) is 17.7 Å². The average Bonchev–Trinajstić information content (AvgIpc) is 3.02. The van der Waals surface area contributed by atoms with Crippen molar-refractivity contribution in [2.24, 2.45) is 10.2 Å². The molecule has 0 aliphatic carbocycles. The first-order valence-corrected chi connectivity index (χ1v) is 6.61. The van der Waals surface area contributed by atoms with Crippen LogP contribution in [0, 0.1) is 0 Å². The molecular formula is C14H12N2O3S. The minimum atomic E-state index is -0.361. The van der Waals surface area contributed by atoms with Gasteiger partial charge in [0.25, 0.3) is 0 Å². The van der Waals surface area contributed by atoms with Crippen LogP contribution < -0.4 is 4.74 Å². The Kier molecular flexibility index (Phi) is 4.62. The topological polar surface area (TPSA) is 71.2 Å². The van der Waals surface area contributed by atoms with Gasteiger partial charge in [-0.25, -0.2) is 0 Å². The SMILES string of the molecule is COc1ccc(N=N/C(=C/O)C(=O)c2cccs2)cc1. The van der Waals surface area contributed by atoms with Crippen LogP contribution in [0.4, 0.5) is 5.69 Å². The molecule has 0 aliphatic heterocycles. The van der Waals surface area contributed by atoms with Crippen LogP contribution >= 0.6 is 11.3 Å². The van der Waals surface area contributed by atoms with Crippen molar-refractivity contribution in [3.05, 3.63) is 58.6 Å². The smallest absolute Gasteiger partial charge is 0.226 e. The lowest BCUT2D eigenvalue weighted by atomic mass is 10.2. The van der Waals surface area contributed by atoms with Gasteiger partial charge in [0, 0.05) is 0 Å². The van der Waals surface area contributed by atoms with Gasteiger partial charge in [-0.05, 0) is 35.7 Å². The molecule has 0 atom stereocenters. The number of nitrogens with zero attached hydrogens (tertiary/aromatic N) is 2. The normalized spacial score (nSPS) is 11.8. The fraction of sp³-hybridized carbons (Fsp3) is 0.0714. The van der Waals surface area contributed by atoms with E-state index < -0.39 is 0 Å². The Morgan fingerprint density at radius 2 is 2.05 bits per heavy atom. The number of thiophene rings is 1. The molecule has 102 valence electrons. The van der Waals surface area contributed by atoms with Crippen LogP contribution in [0.3, 0.4) is 0 Å². The summed E-state index contributed by atoms with van der Waals surface area (Å²) in [6.07, 6.45) is 0.662. The molecule has 2 aromatic rings. The summed E-state index contributed by atoms with van der Waals surface area (Å²) in [5.41, 5.74) is 0.451. The lowest BCUT2D eigenvalue weighted by molar-refractivity contribution is 0.103. The number of carbonyl (C=O) groups excluding carboxylic acids is 1. The van der Waals surface area contributed by atoms with E-state index in [4.69, 9.17) is 9.84 Å². The van der Waals surface area contributed by atoms with E-state index in [0.717, 1.165) is 0 Å². The third-order valence-corrected chi connectivity index (χ3v) is 3.31. The standard InChI is InChI=1S/C14H12N2O3S/c1-19-11-6-4-10(5-7-11)15-16-12(9-17)14(18)13-3-2-8-20-13/h2-9,17H,1H3/b12-9+,16-15?. The fourth-order valence-electron chi connectivity index (χ4n) is 1.42. The van der Waals surface area contributed by atoms with Gasteiger partial charge >= 0.3 is 0 Å². The monoisotopic (exact) mass is 288 g/mol. The zero-order valence-electron chi connectivity index (χ0n) is 10.7. The van der Waals surface area contributed by atoms with E-state index >= 15 is 0 Å². The zero-order valence-corrected chi connectivity index (χ0v) is 11.5. The summed E-state index contributed by atoms with van der Waals surface area (Å²) in [7, 11) is 1.57. The number of methoxy groups -OCH3 is 1. The number of benzene rings is 1. The van der Waals surface area contributed by atoms with Crippen LogP contribution in [0.5, 0.6) is 5.75 Å². The van der Waals surface area contributed by atoms with Crippen molar-refractivity contribution >= 4 is 22.8 Å². The molecule has 0 unspecified atom stereocenters. The number of Topliss-reactive ketones (excluding diaryl/α,β-unsaturated/α-hetero) is 1. The molecule has 0 radical (unpaired) electrons. The van der Waals surface area contributed by atoms with Crippen LogP contribution in [0.25, 0.3) is 0 Å². The molecule has 1 aromatic carbocycles. The molecule has 0 saturated heterocycles. The Bertz CT molecular complexity index is 631. The Morgan fingerprint density at radius 3 is 2.60 bits per heavy atom. The Hall–Kier alpha value is -2.47. The molecule has 0 bridgehead atoms. The van der Waals surface area contributed by atoms with Crippen LogP contribution in [0.1, 0.15) is 9.67 Å². The highest BCUT2D eigenvalue weighted by Crippen LogP contribution is 2.20. The lowest BCUT2D eigenvalue weighted by Crippen LogP contribution is -1.98. The molecule has 0 amide bonds. The first-order valence-electron chi connectivity index (χ1n) is 5.73. The van der Waals surface area contributed by atoms with E-state index in [1.807, 2.05) is 0 Å². The predicted molar refractivity (Wildman–Crippen MR) is 76.9 cm³/mol. The molecule has 0 saturated carbocycles.